The molecule has 2 aromatic rings. The van der Waals surface area contributed by atoms with Crippen LogP contribution in [0.3, 0.4) is 0 Å². The third kappa shape index (κ3) is 2.78. The Kier molecular flexibility index (Phi) is 3.57. The average Bonchev–Trinajstić information content (AvgIpc) is 3.05. The summed E-state index contributed by atoms with van der Waals surface area (Å²) in [7, 11) is 0. The van der Waals surface area contributed by atoms with Gasteiger partial charge in [-0.3, -0.25) is 4.79 Å². The second-order valence-corrected chi connectivity index (χ2v) is 5.16. The van der Waals surface area contributed by atoms with Gasteiger partial charge in [0.1, 0.15) is 11.5 Å². The number of carbonyl (C=O) groups excluding carboxylic acids is 1. The van der Waals surface area contributed by atoms with E-state index in [0.29, 0.717) is 22.7 Å². The lowest BCUT2D eigenvalue weighted by Crippen LogP contribution is -2.21. The molecule has 0 aliphatic carbocycles. The van der Waals surface area contributed by atoms with Gasteiger partial charge in [0, 0.05) is 0 Å². The first-order valence-electron chi connectivity index (χ1n) is 6.97. The lowest BCUT2D eigenvalue weighted by molar-refractivity contribution is -0.114. The highest BCUT2D eigenvalue weighted by Gasteiger charge is 2.29. The van der Waals surface area contributed by atoms with Crippen molar-refractivity contribution in [3.05, 3.63) is 59.1 Å². The number of furan rings is 1. The summed E-state index contributed by atoms with van der Waals surface area (Å²) >= 11 is 0. The molecule has 2 heterocycles. The molecule has 1 aliphatic heterocycles. The smallest absolute Gasteiger partial charge is 0.335 e. The molecule has 0 bridgehead atoms. The Morgan fingerprint density at radius 3 is 2.70 bits per heavy atom. The van der Waals surface area contributed by atoms with Crippen molar-refractivity contribution >= 4 is 29.4 Å². The summed E-state index contributed by atoms with van der Waals surface area (Å²) in [5.41, 5.74) is 1.47. The molecule has 1 aromatic heterocycles. The van der Waals surface area contributed by atoms with Crippen molar-refractivity contribution in [2.45, 2.75) is 13.8 Å². The molecule has 116 valence electrons. The Morgan fingerprint density at radius 1 is 1.26 bits per heavy atom. The first kappa shape index (κ1) is 14.8. The number of rotatable bonds is 3. The van der Waals surface area contributed by atoms with E-state index in [-0.39, 0.29) is 11.5 Å². The minimum Gasteiger partial charge on any atom is -0.478 e. The average molecular weight is 310 g/mol. The summed E-state index contributed by atoms with van der Waals surface area (Å²) < 4.78 is 5.45. The van der Waals surface area contributed by atoms with Crippen LogP contribution in [0, 0.1) is 6.92 Å². The molecule has 0 unspecified atom stereocenters. The number of anilines is 1. The molecule has 0 saturated carbocycles. The minimum absolute atomic E-state index is 0.0993. The molecule has 1 N–H and O–H groups in total. The van der Waals surface area contributed by atoms with E-state index in [1.165, 1.54) is 17.1 Å². The van der Waals surface area contributed by atoms with Crippen LogP contribution in [0.15, 0.2) is 51.5 Å². The molecular formula is C17H14N2O4. The first-order valence-corrected chi connectivity index (χ1v) is 6.97. The zero-order chi connectivity index (χ0) is 16.6. The summed E-state index contributed by atoms with van der Waals surface area (Å²) in [4.78, 5) is 23.6. The maximum Gasteiger partial charge on any atom is 0.335 e. The summed E-state index contributed by atoms with van der Waals surface area (Å²) in [6.45, 7) is 3.55. The van der Waals surface area contributed by atoms with E-state index < -0.39 is 5.97 Å². The predicted octanol–water partition coefficient (Wildman–Crippen LogP) is 3.09. The first-order chi connectivity index (χ1) is 11.0. The lowest BCUT2D eigenvalue weighted by atomic mass is 10.1. The number of aryl methyl sites for hydroxylation is 1. The molecule has 3 rings (SSSR count). The largest absolute Gasteiger partial charge is 0.478 e. The Bertz CT molecular complexity index is 861. The molecule has 6 heteroatoms. The van der Waals surface area contributed by atoms with E-state index in [1.807, 2.05) is 13.0 Å². The molecular weight excluding hydrogens is 296 g/mol. The van der Waals surface area contributed by atoms with Crippen LogP contribution in [0.1, 0.15) is 28.8 Å². The van der Waals surface area contributed by atoms with E-state index in [1.54, 1.807) is 31.2 Å². The molecule has 1 amide bonds. The van der Waals surface area contributed by atoms with Crippen molar-refractivity contribution in [1.29, 1.82) is 0 Å². The van der Waals surface area contributed by atoms with Crippen molar-refractivity contribution in [2.75, 3.05) is 5.01 Å². The number of carboxylic acids is 1. The number of benzene rings is 1. The standard InChI is InChI=1S/C17H14N2O4/c1-10-6-7-14(23-10)9-15-11(2)18-19(16(15)20)13-5-3-4-12(8-13)17(21)22/h3-9H,1-2H3,(H,21,22)/b15-9-. The Labute approximate surface area is 132 Å². The van der Waals surface area contributed by atoms with Crippen LogP contribution in [0.5, 0.6) is 0 Å². The van der Waals surface area contributed by atoms with Crippen LogP contribution in [0.4, 0.5) is 5.69 Å². The molecule has 1 aromatic carbocycles. The molecule has 0 radical (unpaired) electrons. The van der Waals surface area contributed by atoms with Crippen LogP contribution in [0.2, 0.25) is 0 Å². The van der Waals surface area contributed by atoms with Gasteiger partial charge in [-0.2, -0.15) is 10.1 Å². The molecule has 23 heavy (non-hydrogen) atoms. The number of carbonyl (C=O) groups is 2. The topological polar surface area (TPSA) is 83.1 Å². The van der Waals surface area contributed by atoms with Gasteiger partial charge < -0.3 is 9.52 Å². The maximum absolute atomic E-state index is 12.6. The third-order valence-corrected chi connectivity index (χ3v) is 3.45. The van der Waals surface area contributed by atoms with Crippen LogP contribution < -0.4 is 5.01 Å². The van der Waals surface area contributed by atoms with Gasteiger partial charge in [-0.25, -0.2) is 4.79 Å². The molecule has 0 saturated heterocycles. The molecule has 0 spiro atoms. The fraction of sp³-hybridized carbons (Fsp3) is 0.118. The summed E-state index contributed by atoms with van der Waals surface area (Å²) in [5, 5.41) is 14.5. The van der Waals surface area contributed by atoms with Gasteiger partial charge in [-0.05, 0) is 50.3 Å². The number of nitrogens with zero attached hydrogens (tertiary/aromatic N) is 2. The van der Waals surface area contributed by atoms with E-state index in [0.717, 1.165) is 5.76 Å². The van der Waals surface area contributed by atoms with Gasteiger partial charge in [0.2, 0.25) is 0 Å². The van der Waals surface area contributed by atoms with Crippen LogP contribution in [0.25, 0.3) is 6.08 Å². The van der Waals surface area contributed by atoms with E-state index in [9.17, 15) is 9.59 Å². The van der Waals surface area contributed by atoms with Crippen molar-refractivity contribution in [1.82, 2.24) is 0 Å². The van der Waals surface area contributed by atoms with Crippen molar-refractivity contribution in [3.63, 3.8) is 0 Å². The minimum atomic E-state index is -1.05. The molecule has 1 aliphatic rings. The van der Waals surface area contributed by atoms with Gasteiger partial charge in [-0.15, -0.1) is 0 Å². The van der Waals surface area contributed by atoms with Crippen molar-refractivity contribution in [3.8, 4) is 0 Å². The zero-order valence-electron chi connectivity index (χ0n) is 12.6. The van der Waals surface area contributed by atoms with Gasteiger partial charge >= 0.3 is 5.97 Å². The number of carboxylic acid groups (broad SMARTS) is 1. The Morgan fingerprint density at radius 2 is 2.04 bits per heavy atom. The Balaban J connectivity index is 1.95. The lowest BCUT2D eigenvalue weighted by Gasteiger charge is -2.12. The fourth-order valence-electron chi connectivity index (χ4n) is 2.30. The number of hydrazone groups is 1. The van der Waals surface area contributed by atoms with E-state index in [4.69, 9.17) is 9.52 Å². The maximum atomic E-state index is 12.6. The van der Waals surface area contributed by atoms with Crippen molar-refractivity contribution < 1.29 is 19.1 Å². The quantitative estimate of drug-likeness (QED) is 0.883. The monoisotopic (exact) mass is 310 g/mol. The number of aromatic carboxylic acids is 1. The molecule has 6 nitrogen and oxygen atoms in total. The zero-order valence-corrected chi connectivity index (χ0v) is 12.6. The van der Waals surface area contributed by atoms with Gasteiger partial charge in [0.25, 0.3) is 5.91 Å². The summed E-state index contributed by atoms with van der Waals surface area (Å²) in [6.07, 6.45) is 1.63. The number of amides is 1. The van der Waals surface area contributed by atoms with Crippen LogP contribution in [-0.2, 0) is 4.79 Å². The fourth-order valence-corrected chi connectivity index (χ4v) is 2.30. The van der Waals surface area contributed by atoms with Gasteiger partial charge in [0.05, 0.1) is 22.5 Å². The summed E-state index contributed by atoms with van der Waals surface area (Å²) in [5.74, 6) is -0.0513. The SMILES string of the molecule is CC1=NN(c2cccc(C(=O)O)c2)C(=O)/C1=C\c1ccc(C)o1. The molecule has 0 atom stereocenters. The van der Waals surface area contributed by atoms with E-state index in [2.05, 4.69) is 5.10 Å². The normalized spacial score (nSPS) is 16.1. The van der Waals surface area contributed by atoms with Gasteiger partial charge in [0.15, 0.2) is 0 Å². The predicted molar refractivity (Wildman–Crippen MR) is 85.4 cm³/mol. The highest BCUT2D eigenvalue weighted by Crippen LogP contribution is 2.26. The molecule has 0 fully saturated rings. The third-order valence-electron chi connectivity index (χ3n) is 3.45. The van der Waals surface area contributed by atoms with Gasteiger partial charge in [-0.1, -0.05) is 6.07 Å². The highest BCUT2D eigenvalue weighted by molar-refractivity contribution is 6.32. The van der Waals surface area contributed by atoms with Crippen LogP contribution >= 0.6 is 0 Å². The number of hydrogen-bond acceptors (Lipinski definition) is 4. The second-order valence-electron chi connectivity index (χ2n) is 5.16. The van der Waals surface area contributed by atoms with Crippen LogP contribution in [-0.4, -0.2) is 22.7 Å². The van der Waals surface area contributed by atoms with E-state index >= 15 is 0 Å². The highest BCUT2D eigenvalue weighted by atomic mass is 16.4. The van der Waals surface area contributed by atoms with Crippen molar-refractivity contribution in [2.24, 2.45) is 5.10 Å². The summed E-state index contributed by atoms with van der Waals surface area (Å²) in [6, 6.07) is 9.68. The second kappa shape index (κ2) is 5.57. The number of hydrogen-bond donors (Lipinski definition) is 1. The Hall–Kier alpha value is -3.15.